The van der Waals surface area contributed by atoms with Gasteiger partial charge < -0.3 is 14.5 Å². The molecule has 0 aliphatic carbocycles. The average Bonchev–Trinajstić information content (AvgIpc) is 3.35. The van der Waals surface area contributed by atoms with Crippen LogP contribution in [0.3, 0.4) is 0 Å². The first-order valence-electron chi connectivity index (χ1n) is 8.04. The summed E-state index contributed by atoms with van der Waals surface area (Å²) in [6.45, 7) is 0. The molecule has 11 nitrogen and oxygen atoms in total. The third-order valence-electron chi connectivity index (χ3n) is 3.76. The number of aliphatic imine (C=N–C) groups is 1. The van der Waals surface area contributed by atoms with Crippen LogP contribution in [0.4, 0.5) is 17.4 Å². The SMILES string of the molecule is COc1ccc(NC=Nc2ccc3nnc(-c4ccc([N+](=O)[O-])o4)n3n2)cc1. The largest absolute Gasteiger partial charge is 0.497 e. The normalized spacial score (nSPS) is 11.2. The van der Waals surface area contributed by atoms with Gasteiger partial charge in [-0.25, -0.2) is 4.99 Å². The second-order valence-corrected chi connectivity index (χ2v) is 5.51. The molecular formula is C17H13N7O4. The van der Waals surface area contributed by atoms with Gasteiger partial charge in [0.1, 0.15) is 10.7 Å². The number of aromatic nitrogens is 4. The van der Waals surface area contributed by atoms with Gasteiger partial charge in [0.2, 0.25) is 5.82 Å². The number of fused-ring (bicyclic) bond motifs is 1. The molecule has 28 heavy (non-hydrogen) atoms. The van der Waals surface area contributed by atoms with Crippen molar-refractivity contribution < 1.29 is 14.1 Å². The van der Waals surface area contributed by atoms with E-state index in [9.17, 15) is 10.1 Å². The van der Waals surface area contributed by atoms with E-state index in [1.165, 1.54) is 23.0 Å². The predicted molar refractivity (Wildman–Crippen MR) is 99.9 cm³/mol. The van der Waals surface area contributed by atoms with Crippen molar-refractivity contribution in [3.8, 4) is 17.3 Å². The maximum absolute atomic E-state index is 10.8. The van der Waals surface area contributed by atoms with Crippen molar-refractivity contribution in [2.75, 3.05) is 12.4 Å². The van der Waals surface area contributed by atoms with Gasteiger partial charge in [0.25, 0.3) is 0 Å². The Morgan fingerprint density at radius 2 is 2.00 bits per heavy atom. The maximum atomic E-state index is 10.8. The van der Waals surface area contributed by atoms with Crippen LogP contribution in [0.5, 0.6) is 5.75 Å². The number of ether oxygens (including phenoxy) is 1. The number of nitro groups is 1. The molecule has 0 saturated carbocycles. The molecular weight excluding hydrogens is 366 g/mol. The van der Waals surface area contributed by atoms with E-state index in [4.69, 9.17) is 9.15 Å². The standard InChI is InChI=1S/C17H13N7O4/c1-27-12-4-2-11(3-5-12)18-10-19-14-7-8-15-20-21-17(23(15)22-14)13-6-9-16(28-13)24(25)26/h2-10H,1H3,(H,18,19,22). The summed E-state index contributed by atoms with van der Waals surface area (Å²) in [6, 6.07) is 13.4. The summed E-state index contributed by atoms with van der Waals surface area (Å²) in [5.74, 6) is 1.18. The fourth-order valence-corrected chi connectivity index (χ4v) is 2.41. The van der Waals surface area contributed by atoms with Gasteiger partial charge in [-0.15, -0.1) is 15.3 Å². The molecule has 0 amide bonds. The first kappa shape index (κ1) is 17.1. The number of furan rings is 1. The Morgan fingerprint density at radius 3 is 2.71 bits per heavy atom. The lowest BCUT2D eigenvalue weighted by molar-refractivity contribution is -0.401. The molecule has 4 aromatic rings. The Balaban J connectivity index is 1.57. The van der Waals surface area contributed by atoms with Crippen LogP contribution in [0.1, 0.15) is 0 Å². The molecule has 1 N–H and O–H groups in total. The van der Waals surface area contributed by atoms with Crippen LogP contribution in [0, 0.1) is 10.1 Å². The van der Waals surface area contributed by atoms with E-state index >= 15 is 0 Å². The lowest BCUT2D eigenvalue weighted by atomic mass is 10.3. The van der Waals surface area contributed by atoms with Gasteiger partial charge in [-0.2, -0.15) is 4.52 Å². The van der Waals surface area contributed by atoms with E-state index in [0.29, 0.717) is 11.5 Å². The van der Waals surface area contributed by atoms with Crippen LogP contribution in [-0.2, 0) is 0 Å². The highest BCUT2D eigenvalue weighted by atomic mass is 16.6. The van der Waals surface area contributed by atoms with Crippen molar-refractivity contribution >= 4 is 29.4 Å². The van der Waals surface area contributed by atoms with Crippen molar-refractivity contribution in [1.29, 1.82) is 0 Å². The molecule has 0 radical (unpaired) electrons. The first-order valence-corrected chi connectivity index (χ1v) is 8.04. The molecule has 0 atom stereocenters. The number of rotatable bonds is 6. The van der Waals surface area contributed by atoms with Crippen molar-refractivity contribution in [3.05, 3.63) is 58.6 Å². The van der Waals surface area contributed by atoms with Crippen LogP contribution < -0.4 is 10.1 Å². The van der Waals surface area contributed by atoms with Gasteiger partial charge in [-0.1, -0.05) is 0 Å². The second kappa shape index (κ2) is 7.15. The molecule has 0 bridgehead atoms. The van der Waals surface area contributed by atoms with Crippen molar-refractivity contribution in [2.45, 2.75) is 0 Å². The van der Waals surface area contributed by atoms with Gasteiger partial charge in [0, 0.05) is 5.69 Å². The van der Waals surface area contributed by atoms with Gasteiger partial charge >= 0.3 is 5.88 Å². The number of nitrogens with one attached hydrogen (secondary N) is 1. The van der Waals surface area contributed by atoms with Gasteiger partial charge in [-0.05, 0) is 42.5 Å². The minimum atomic E-state index is -0.624. The maximum Gasteiger partial charge on any atom is 0.433 e. The highest BCUT2D eigenvalue weighted by Gasteiger charge is 2.18. The molecule has 0 fully saturated rings. The summed E-state index contributed by atoms with van der Waals surface area (Å²) >= 11 is 0. The van der Waals surface area contributed by atoms with Crippen LogP contribution in [-0.4, -0.2) is 38.2 Å². The summed E-state index contributed by atoms with van der Waals surface area (Å²) in [6.07, 6.45) is 1.50. The number of benzene rings is 1. The van der Waals surface area contributed by atoms with E-state index in [2.05, 4.69) is 25.6 Å². The Bertz CT molecular complexity index is 1160. The number of anilines is 1. The number of hydrogen-bond donors (Lipinski definition) is 1. The van der Waals surface area contributed by atoms with E-state index in [0.717, 1.165) is 11.4 Å². The highest BCUT2D eigenvalue weighted by Crippen LogP contribution is 2.25. The van der Waals surface area contributed by atoms with Gasteiger partial charge in [0.05, 0.1) is 19.5 Å². The van der Waals surface area contributed by atoms with Crippen LogP contribution in [0.25, 0.3) is 17.2 Å². The Morgan fingerprint density at radius 1 is 1.18 bits per heavy atom. The van der Waals surface area contributed by atoms with E-state index in [1.807, 2.05) is 24.3 Å². The molecule has 4 rings (SSSR count). The van der Waals surface area contributed by atoms with Crippen LogP contribution in [0.15, 0.2) is 57.9 Å². The minimum absolute atomic E-state index is 0.184. The number of hydrogen-bond acceptors (Lipinski definition) is 8. The molecule has 0 saturated heterocycles. The van der Waals surface area contributed by atoms with E-state index < -0.39 is 4.92 Å². The lowest BCUT2D eigenvalue weighted by Gasteiger charge is -2.02. The Kier molecular flexibility index (Phi) is 4.38. The van der Waals surface area contributed by atoms with Crippen molar-refractivity contribution in [1.82, 2.24) is 19.8 Å². The lowest BCUT2D eigenvalue weighted by Crippen LogP contribution is -1.97. The monoisotopic (exact) mass is 379 g/mol. The zero-order chi connectivity index (χ0) is 19.5. The minimum Gasteiger partial charge on any atom is -0.497 e. The van der Waals surface area contributed by atoms with Crippen molar-refractivity contribution in [3.63, 3.8) is 0 Å². The van der Waals surface area contributed by atoms with Crippen LogP contribution >= 0.6 is 0 Å². The predicted octanol–water partition coefficient (Wildman–Crippen LogP) is 3.07. The number of nitrogens with zero attached hydrogens (tertiary/aromatic N) is 6. The Labute approximate surface area is 157 Å². The third-order valence-corrected chi connectivity index (χ3v) is 3.76. The van der Waals surface area contributed by atoms with E-state index in [-0.39, 0.29) is 17.5 Å². The molecule has 140 valence electrons. The van der Waals surface area contributed by atoms with Gasteiger partial charge in [0.15, 0.2) is 17.2 Å². The smallest absolute Gasteiger partial charge is 0.433 e. The van der Waals surface area contributed by atoms with Crippen molar-refractivity contribution in [2.24, 2.45) is 4.99 Å². The first-order chi connectivity index (χ1) is 13.6. The zero-order valence-electron chi connectivity index (χ0n) is 14.5. The molecule has 0 spiro atoms. The summed E-state index contributed by atoms with van der Waals surface area (Å²) in [5.41, 5.74) is 1.29. The molecule has 3 heterocycles. The third kappa shape index (κ3) is 3.35. The molecule has 1 aromatic carbocycles. The summed E-state index contributed by atoms with van der Waals surface area (Å²) in [4.78, 5) is 14.4. The number of methoxy groups -OCH3 is 1. The Hall–Kier alpha value is -4.28. The fraction of sp³-hybridized carbons (Fsp3) is 0.0588. The fourth-order valence-electron chi connectivity index (χ4n) is 2.41. The average molecular weight is 379 g/mol. The molecule has 3 aromatic heterocycles. The second-order valence-electron chi connectivity index (χ2n) is 5.51. The van der Waals surface area contributed by atoms with Crippen LogP contribution in [0.2, 0.25) is 0 Å². The summed E-state index contributed by atoms with van der Waals surface area (Å²) in [7, 11) is 1.60. The quantitative estimate of drug-likeness (QED) is 0.234. The summed E-state index contributed by atoms with van der Waals surface area (Å²) < 4.78 is 11.7. The topological polar surface area (TPSA) is 133 Å². The molecule has 0 unspecified atom stereocenters. The highest BCUT2D eigenvalue weighted by molar-refractivity contribution is 5.77. The van der Waals surface area contributed by atoms with E-state index in [1.54, 1.807) is 19.2 Å². The molecule has 11 heteroatoms. The van der Waals surface area contributed by atoms with Gasteiger partial charge in [-0.3, -0.25) is 10.1 Å². The zero-order valence-corrected chi connectivity index (χ0v) is 14.5. The molecule has 0 aliphatic rings. The summed E-state index contributed by atoms with van der Waals surface area (Å²) in [5, 5.41) is 26.1. The molecule has 0 aliphatic heterocycles.